The van der Waals surface area contributed by atoms with Gasteiger partial charge in [0.05, 0.1) is 5.75 Å². The standard InChI is InChI=1S/C15H22N2OS.ClH/c1-12-6-3-4-8-14(12)19-11-15(18)17-9-5-7-13(17)10-16-2;/h3-4,6,8,13,16H,5,7,9-11H2,1-2H3;1H. The lowest BCUT2D eigenvalue weighted by Gasteiger charge is -2.24. The second kappa shape index (κ2) is 8.55. The van der Waals surface area contributed by atoms with Crippen molar-refractivity contribution in [3.63, 3.8) is 0 Å². The molecule has 1 unspecified atom stereocenters. The van der Waals surface area contributed by atoms with Gasteiger partial charge in [-0.1, -0.05) is 18.2 Å². The molecule has 0 aromatic heterocycles. The van der Waals surface area contributed by atoms with Crippen molar-refractivity contribution >= 4 is 30.1 Å². The van der Waals surface area contributed by atoms with E-state index in [4.69, 9.17) is 0 Å². The molecular formula is C15H23ClN2OS. The Labute approximate surface area is 131 Å². The predicted molar refractivity (Wildman–Crippen MR) is 87.8 cm³/mol. The number of benzene rings is 1. The van der Waals surface area contributed by atoms with Crippen LogP contribution in [0.25, 0.3) is 0 Å². The van der Waals surface area contributed by atoms with Crippen LogP contribution >= 0.6 is 24.2 Å². The quantitative estimate of drug-likeness (QED) is 0.848. The molecule has 20 heavy (non-hydrogen) atoms. The predicted octanol–water partition coefficient (Wildman–Crippen LogP) is 2.72. The summed E-state index contributed by atoms with van der Waals surface area (Å²) in [5, 5.41) is 3.18. The van der Waals surface area contributed by atoms with E-state index in [9.17, 15) is 4.79 Å². The molecule has 3 nitrogen and oxygen atoms in total. The zero-order valence-electron chi connectivity index (χ0n) is 12.1. The molecule has 1 N–H and O–H groups in total. The van der Waals surface area contributed by atoms with E-state index in [-0.39, 0.29) is 18.3 Å². The Morgan fingerprint density at radius 1 is 1.45 bits per heavy atom. The van der Waals surface area contributed by atoms with E-state index in [0.29, 0.717) is 11.8 Å². The van der Waals surface area contributed by atoms with Crippen LogP contribution in [0.2, 0.25) is 0 Å². The van der Waals surface area contributed by atoms with Gasteiger partial charge in [0.15, 0.2) is 0 Å². The van der Waals surface area contributed by atoms with Gasteiger partial charge in [0.1, 0.15) is 0 Å². The van der Waals surface area contributed by atoms with Gasteiger partial charge in [0.25, 0.3) is 0 Å². The summed E-state index contributed by atoms with van der Waals surface area (Å²) in [5.74, 6) is 0.816. The molecule has 1 fully saturated rings. The third-order valence-electron chi connectivity index (χ3n) is 3.58. The number of hydrogen-bond donors (Lipinski definition) is 1. The number of halogens is 1. The monoisotopic (exact) mass is 314 g/mol. The highest BCUT2D eigenvalue weighted by Crippen LogP contribution is 2.24. The first kappa shape index (κ1) is 17.3. The van der Waals surface area contributed by atoms with Crippen molar-refractivity contribution in [2.45, 2.75) is 30.7 Å². The van der Waals surface area contributed by atoms with Crippen LogP contribution in [0.5, 0.6) is 0 Å². The maximum atomic E-state index is 12.3. The molecule has 5 heteroatoms. The average Bonchev–Trinajstić information content (AvgIpc) is 2.86. The first-order valence-corrected chi connectivity index (χ1v) is 7.83. The number of carbonyl (C=O) groups excluding carboxylic acids is 1. The van der Waals surface area contributed by atoms with E-state index in [1.807, 2.05) is 24.1 Å². The minimum atomic E-state index is 0. The van der Waals surface area contributed by atoms with Crippen molar-refractivity contribution in [1.29, 1.82) is 0 Å². The fourth-order valence-electron chi connectivity index (χ4n) is 2.55. The molecule has 2 rings (SSSR count). The Balaban J connectivity index is 0.00000200. The fourth-order valence-corrected chi connectivity index (χ4v) is 3.47. The molecule has 1 aromatic rings. The molecule has 0 bridgehead atoms. The smallest absolute Gasteiger partial charge is 0.233 e. The second-order valence-electron chi connectivity index (χ2n) is 5.00. The van der Waals surface area contributed by atoms with Crippen LogP contribution in [0, 0.1) is 6.92 Å². The maximum Gasteiger partial charge on any atom is 0.233 e. The van der Waals surface area contributed by atoms with Crippen molar-refractivity contribution < 1.29 is 4.79 Å². The van der Waals surface area contributed by atoms with Crippen LogP contribution < -0.4 is 5.32 Å². The van der Waals surface area contributed by atoms with Gasteiger partial charge in [-0.15, -0.1) is 24.2 Å². The largest absolute Gasteiger partial charge is 0.338 e. The first-order valence-electron chi connectivity index (χ1n) is 6.85. The van der Waals surface area contributed by atoms with Crippen LogP contribution in [0.1, 0.15) is 18.4 Å². The molecule has 0 spiro atoms. The molecule has 1 saturated heterocycles. The van der Waals surface area contributed by atoms with Crippen molar-refractivity contribution in [2.24, 2.45) is 0 Å². The lowest BCUT2D eigenvalue weighted by molar-refractivity contribution is -0.129. The summed E-state index contributed by atoms with van der Waals surface area (Å²) in [6.45, 7) is 3.91. The van der Waals surface area contributed by atoms with Crippen molar-refractivity contribution in [3.8, 4) is 0 Å². The van der Waals surface area contributed by atoms with Gasteiger partial charge >= 0.3 is 0 Å². The number of hydrogen-bond acceptors (Lipinski definition) is 3. The molecule has 0 saturated carbocycles. The summed E-state index contributed by atoms with van der Waals surface area (Å²) < 4.78 is 0. The molecule has 1 aromatic carbocycles. The van der Waals surface area contributed by atoms with E-state index in [0.717, 1.165) is 25.9 Å². The molecule has 0 aliphatic carbocycles. The lowest BCUT2D eigenvalue weighted by atomic mass is 10.2. The minimum Gasteiger partial charge on any atom is -0.338 e. The summed E-state index contributed by atoms with van der Waals surface area (Å²) >= 11 is 1.65. The average molecular weight is 315 g/mol. The van der Waals surface area contributed by atoms with E-state index >= 15 is 0 Å². The molecular weight excluding hydrogens is 292 g/mol. The van der Waals surface area contributed by atoms with Crippen LogP contribution in [0.15, 0.2) is 29.2 Å². The summed E-state index contributed by atoms with van der Waals surface area (Å²) in [5.41, 5.74) is 1.24. The molecule has 1 atom stereocenters. The van der Waals surface area contributed by atoms with Gasteiger partial charge < -0.3 is 10.2 Å². The molecule has 1 amide bonds. The molecule has 1 aliphatic rings. The molecule has 0 radical (unpaired) electrons. The Hall–Kier alpha value is -0.710. The Kier molecular flexibility index (Phi) is 7.41. The zero-order valence-corrected chi connectivity index (χ0v) is 13.7. The first-order chi connectivity index (χ1) is 9.22. The number of amides is 1. The van der Waals surface area contributed by atoms with Gasteiger partial charge in [-0.05, 0) is 38.4 Å². The van der Waals surface area contributed by atoms with Crippen LogP contribution in [-0.2, 0) is 4.79 Å². The van der Waals surface area contributed by atoms with E-state index in [1.165, 1.54) is 10.5 Å². The van der Waals surface area contributed by atoms with E-state index in [2.05, 4.69) is 24.4 Å². The van der Waals surface area contributed by atoms with Crippen molar-refractivity contribution in [1.82, 2.24) is 10.2 Å². The second-order valence-corrected chi connectivity index (χ2v) is 6.01. The topological polar surface area (TPSA) is 32.3 Å². The maximum absolute atomic E-state index is 12.3. The Bertz CT molecular complexity index is 442. The number of nitrogens with one attached hydrogen (secondary N) is 1. The van der Waals surface area contributed by atoms with Crippen LogP contribution in [0.3, 0.4) is 0 Å². The summed E-state index contributed by atoms with van der Waals surface area (Å²) in [6, 6.07) is 8.62. The minimum absolute atomic E-state index is 0. The van der Waals surface area contributed by atoms with E-state index in [1.54, 1.807) is 11.8 Å². The van der Waals surface area contributed by atoms with Gasteiger partial charge in [0.2, 0.25) is 5.91 Å². The number of nitrogens with zero attached hydrogens (tertiary/aromatic N) is 1. The number of rotatable bonds is 5. The number of likely N-dealkylation sites (tertiary alicyclic amines) is 1. The normalized spacial score (nSPS) is 17.9. The summed E-state index contributed by atoms with van der Waals surface area (Å²) in [7, 11) is 1.95. The summed E-state index contributed by atoms with van der Waals surface area (Å²) in [6.07, 6.45) is 2.26. The zero-order chi connectivity index (χ0) is 13.7. The number of likely N-dealkylation sites (N-methyl/N-ethyl adjacent to an activating group) is 1. The third kappa shape index (κ3) is 4.40. The SMILES string of the molecule is CNCC1CCCN1C(=O)CSc1ccccc1C.Cl. The highest BCUT2D eigenvalue weighted by atomic mass is 35.5. The van der Waals surface area contributed by atoms with Gasteiger partial charge in [-0.2, -0.15) is 0 Å². The highest BCUT2D eigenvalue weighted by molar-refractivity contribution is 8.00. The van der Waals surface area contributed by atoms with Gasteiger partial charge in [-0.3, -0.25) is 4.79 Å². The van der Waals surface area contributed by atoms with Gasteiger partial charge in [-0.25, -0.2) is 0 Å². The highest BCUT2D eigenvalue weighted by Gasteiger charge is 2.27. The summed E-state index contributed by atoms with van der Waals surface area (Å²) in [4.78, 5) is 15.5. The van der Waals surface area contributed by atoms with Gasteiger partial charge in [0, 0.05) is 24.0 Å². The molecule has 1 aliphatic heterocycles. The number of carbonyl (C=O) groups is 1. The fraction of sp³-hybridized carbons (Fsp3) is 0.533. The molecule has 1 heterocycles. The van der Waals surface area contributed by atoms with Crippen LogP contribution in [0.4, 0.5) is 0 Å². The Morgan fingerprint density at radius 3 is 2.90 bits per heavy atom. The van der Waals surface area contributed by atoms with Crippen molar-refractivity contribution in [2.75, 3.05) is 25.9 Å². The van der Waals surface area contributed by atoms with E-state index < -0.39 is 0 Å². The third-order valence-corrected chi connectivity index (χ3v) is 4.74. The van der Waals surface area contributed by atoms with Crippen LogP contribution in [-0.4, -0.2) is 42.7 Å². The lowest BCUT2D eigenvalue weighted by Crippen LogP contribution is -2.41. The van der Waals surface area contributed by atoms with Crippen molar-refractivity contribution in [3.05, 3.63) is 29.8 Å². The molecule has 112 valence electrons. The Morgan fingerprint density at radius 2 is 2.20 bits per heavy atom. The number of aryl methyl sites for hydroxylation is 1. The number of thioether (sulfide) groups is 1.